The normalized spacial score (nSPS) is 15.9. The Balaban J connectivity index is 1.59. The molecule has 0 aliphatic carbocycles. The number of nitrogens with zero attached hydrogens (tertiary/aromatic N) is 4. The molecule has 0 spiro atoms. The number of aromatic nitrogens is 2. The molecule has 1 N–H and O–H groups in total. The number of esters is 1. The molecule has 1 aromatic heterocycles. The third kappa shape index (κ3) is 4.95. The number of benzene rings is 1. The molecule has 2 aliphatic heterocycles. The number of piperidine rings is 1. The van der Waals surface area contributed by atoms with E-state index in [9.17, 15) is 9.59 Å². The molecule has 2 amide bonds. The molecule has 0 atom stereocenters. The zero-order chi connectivity index (χ0) is 21.6. The monoisotopic (exact) mass is 423 g/mol. The number of urea groups is 1. The van der Waals surface area contributed by atoms with Gasteiger partial charge in [0.1, 0.15) is 12.4 Å². The fourth-order valence-corrected chi connectivity index (χ4v) is 4.13. The standard InChI is InChI=1S/C23H29N5O3/c1-2-31-20(29)15-24-23(30)28-14-11-19-18(16-28)22(27-12-7-4-8-13-27)26-21(25-19)17-9-5-3-6-10-17/h3,5-6,9-10H,2,4,7-8,11-16H2,1H3,(H,24,30). The molecule has 31 heavy (non-hydrogen) atoms. The van der Waals surface area contributed by atoms with Crippen LogP contribution < -0.4 is 10.2 Å². The van der Waals surface area contributed by atoms with Crippen molar-refractivity contribution >= 4 is 17.8 Å². The van der Waals surface area contributed by atoms with Crippen LogP contribution in [0.25, 0.3) is 11.4 Å². The first-order valence-corrected chi connectivity index (χ1v) is 11.0. The van der Waals surface area contributed by atoms with Crippen LogP contribution in [-0.4, -0.2) is 59.7 Å². The number of amides is 2. The van der Waals surface area contributed by atoms with Crippen LogP contribution >= 0.6 is 0 Å². The van der Waals surface area contributed by atoms with Gasteiger partial charge in [0.25, 0.3) is 0 Å². The van der Waals surface area contributed by atoms with E-state index in [0.29, 0.717) is 26.1 Å². The number of fused-ring (bicyclic) bond motifs is 1. The van der Waals surface area contributed by atoms with Crippen molar-refractivity contribution in [3.63, 3.8) is 0 Å². The SMILES string of the molecule is CCOC(=O)CNC(=O)N1CCc2nc(-c3ccccc3)nc(N3CCCCC3)c2C1. The Morgan fingerprint density at radius 2 is 1.84 bits per heavy atom. The van der Waals surface area contributed by atoms with Crippen molar-refractivity contribution in [2.75, 3.05) is 37.7 Å². The van der Waals surface area contributed by atoms with Gasteiger partial charge >= 0.3 is 12.0 Å². The topological polar surface area (TPSA) is 87.7 Å². The number of hydrogen-bond acceptors (Lipinski definition) is 6. The predicted molar refractivity (Wildman–Crippen MR) is 118 cm³/mol. The summed E-state index contributed by atoms with van der Waals surface area (Å²) >= 11 is 0. The highest BCUT2D eigenvalue weighted by Gasteiger charge is 2.28. The van der Waals surface area contributed by atoms with Gasteiger partial charge < -0.3 is 19.9 Å². The van der Waals surface area contributed by atoms with Crippen molar-refractivity contribution in [3.8, 4) is 11.4 Å². The summed E-state index contributed by atoms with van der Waals surface area (Å²) < 4.78 is 4.89. The maximum atomic E-state index is 12.6. The summed E-state index contributed by atoms with van der Waals surface area (Å²) in [7, 11) is 0. The molecule has 2 aromatic rings. The van der Waals surface area contributed by atoms with Crippen LogP contribution in [0.4, 0.5) is 10.6 Å². The molecule has 1 saturated heterocycles. The van der Waals surface area contributed by atoms with Crippen molar-refractivity contribution in [1.82, 2.24) is 20.2 Å². The predicted octanol–water partition coefficient (Wildman–Crippen LogP) is 2.76. The lowest BCUT2D eigenvalue weighted by Crippen LogP contribution is -2.45. The Labute approximate surface area is 182 Å². The Morgan fingerprint density at radius 3 is 2.58 bits per heavy atom. The number of rotatable bonds is 5. The summed E-state index contributed by atoms with van der Waals surface area (Å²) in [5.74, 6) is 1.24. The number of hydrogen-bond donors (Lipinski definition) is 1. The minimum Gasteiger partial charge on any atom is -0.465 e. The summed E-state index contributed by atoms with van der Waals surface area (Å²) in [4.78, 5) is 38.1. The summed E-state index contributed by atoms with van der Waals surface area (Å²) in [6.45, 7) is 4.83. The first-order chi connectivity index (χ1) is 15.2. The van der Waals surface area contributed by atoms with Crippen LogP contribution in [0.15, 0.2) is 30.3 Å². The molecule has 8 nitrogen and oxygen atoms in total. The van der Waals surface area contributed by atoms with Crippen molar-refractivity contribution in [3.05, 3.63) is 41.6 Å². The molecule has 4 rings (SSSR count). The molecule has 164 valence electrons. The van der Waals surface area contributed by atoms with E-state index in [4.69, 9.17) is 14.7 Å². The van der Waals surface area contributed by atoms with E-state index in [1.807, 2.05) is 30.3 Å². The van der Waals surface area contributed by atoms with Gasteiger partial charge in [0, 0.05) is 37.2 Å². The van der Waals surface area contributed by atoms with E-state index in [2.05, 4.69) is 10.2 Å². The van der Waals surface area contributed by atoms with E-state index in [0.717, 1.165) is 54.4 Å². The minimum atomic E-state index is -0.432. The number of anilines is 1. The number of carbonyl (C=O) groups excluding carboxylic acids is 2. The highest BCUT2D eigenvalue weighted by molar-refractivity contribution is 5.81. The molecule has 1 aromatic carbocycles. The molecular weight excluding hydrogens is 394 g/mol. The van der Waals surface area contributed by atoms with Crippen LogP contribution in [0.5, 0.6) is 0 Å². The Bertz CT molecular complexity index is 928. The largest absolute Gasteiger partial charge is 0.465 e. The third-order valence-corrected chi connectivity index (χ3v) is 5.70. The van der Waals surface area contributed by atoms with Crippen LogP contribution in [0.3, 0.4) is 0 Å². The summed E-state index contributed by atoms with van der Waals surface area (Å²) in [6.07, 6.45) is 4.18. The Morgan fingerprint density at radius 1 is 1.06 bits per heavy atom. The van der Waals surface area contributed by atoms with Gasteiger partial charge in [-0.05, 0) is 26.2 Å². The van der Waals surface area contributed by atoms with Gasteiger partial charge in [0.15, 0.2) is 5.82 Å². The van der Waals surface area contributed by atoms with E-state index < -0.39 is 5.97 Å². The molecule has 0 saturated carbocycles. The molecule has 2 aliphatic rings. The maximum Gasteiger partial charge on any atom is 0.325 e. The second-order valence-electron chi connectivity index (χ2n) is 7.85. The molecule has 3 heterocycles. The van der Waals surface area contributed by atoms with E-state index in [-0.39, 0.29) is 12.6 Å². The van der Waals surface area contributed by atoms with E-state index in [1.165, 1.54) is 6.42 Å². The Hall–Kier alpha value is -3.16. The van der Waals surface area contributed by atoms with E-state index >= 15 is 0 Å². The molecule has 0 radical (unpaired) electrons. The number of ether oxygens (including phenoxy) is 1. The smallest absolute Gasteiger partial charge is 0.325 e. The van der Waals surface area contributed by atoms with Gasteiger partial charge in [-0.2, -0.15) is 0 Å². The van der Waals surface area contributed by atoms with Gasteiger partial charge in [0.2, 0.25) is 0 Å². The van der Waals surface area contributed by atoms with E-state index in [1.54, 1.807) is 11.8 Å². The lowest BCUT2D eigenvalue weighted by Gasteiger charge is -2.34. The van der Waals surface area contributed by atoms with Crippen molar-refractivity contribution in [2.24, 2.45) is 0 Å². The second-order valence-corrected chi connectivity index (χ2v) is 7.85. The minimum absolute atomic E-state index is 0.127. The van der Waals surface area contributed by atoms with Gasteiger partial charge in [0.05, 0.1) is 18.8 Å². The number of carbonyl (C=O) groups is 2. The summed E-state index contributed by atoms with van der Waals surface area (Å²) in [5.41, 5.74) is 3.01. The zero-order valence-corrected chi connectivity index (χ0v) is 18.0. The second kappa shape index (κ2) is 9.76. The van der Waals surface area contributed by atoms with Gasteiger partial charge in [-0.3, -0.25) is 4.79 Å². The van der Waals surface area contributed by atoms with Crippen molar-refractivity contribution in [1.29, 1.82) is 0 Å². The van der Waals surface area contributed by atoms with Crippen LogP contribution in [0.1, 0.15) is 37.4 Å². The first kappa shape index (κ1) is 21.1. The van der Waals surface area contributed by atoms with Crippen LogP contribution in [0, 0.1) is 0 Å². The van der Waals surface area contributed by atoms with Gasteiger partial charge in [-0.1, -0.05) is 30.3 Å². The highest BCUT2D eigenvalue weighted by atomic mass is 16.5. The summed E-state index contributed by atoms with van der Waals surface area (Å²) in [5, 5.41) is 2.66. The van der Waals surface area contributed by atoms with Crippen molar-refractivity contribution < 1.29 is 14.3 Å². The van der Waals surface area contributed by atoms with Gasteiger partial charge in [-0.25, -0.2) is 14.8 Å². The third-order valence-electron chi connectivity index (χ3n) is 5.70. The lowest BCUT2D eigenvalue weighted by molar-refractivity contribution is -0.141. The fraction of sp³-hybridized carbons (Fsp3) is 0.478. The maximum absolute atomic E-state index is 12.6. The zero-order valence-electron chi connectivity index (χ0n) is 18.0. The average Bonchev–Trinajstić information content (AvgIpc) is 2.83. The quantitative estimate of drug-likeness (QED) is 0.744. The van der Waals surface area contributed by atoms with Crippen LogP contribution in [0.2, 0.25) is 0 Å². The van der Waals surface area contributed by atoms with Crippen molar-refractivity contribution in [2.45, 2.75) is 39.2 Å². The molecule has 1 fully saturated rings. The summed E-state index contributed by atoms with van der Waals surface area (Å²) in [6, 6.07) is 9.76. The molecule has 0 unspecified atom stereocenters. The van der Waals surface area contributed by atoms with Gasteiger partial charge in [-0.15, -0.1) is 0 Å². The number of nitrogens with one attached hydrogen (secondary N) is 1. The fourth-order valence-electron chi connectivity index (χ4n) is 4.13. The highest BCUT2D eigenvalue weighted by Crippen LogP contribution is 2.31. The lowest BCUT2D eigenvalue weighted by atomic mass is 10.0. The van der Waals surface area contributed by atoms with Crippen LogP contribution in [-0.2, 0) is 22.5 Å². The molecule has 0 bridgehead atoms. The first-order valence-electron chi connectivity index (χ1n) is 11.0. The molecular formula is C23H29N5O3. The average molecular weight is 424 g/mol. The molecule has 8 heteroatoms. The Kier molecular flexibility index (Phi) is 6.64.